The Morgan fingerprint density at radius 2 is 1.62 bits per heavy atom. The van der Waals surface area contributed by atoms with Gasteiger partial charge in [-0.2, -0.15) is 0 Å². The van der Waals surface area contributed by atoms with Gasteiger partial charge in [0.2, 0.25) is 0 Å². The van der Waals surface area contributed by atoms with Crippen LogP contribution in [0.5, 0.6) is 0 Å². The van der Waals surface area contributed by atoms with Crippen molar-refractivity contribution in [2.24, 2.45) is 11.8 Å². The van der Waals surface area contributed by atoms with Crippen LogP contribution in [0.3, 0.4) is 0 Å². The first-order valence-electron chi connectivity index (χ1n) is 10.4. The lowest BCUT2D eigenvalue weighted by Gasteiger charge is -2.44. The van der Waals surface area contributed by atoms with Crippen LogP contribution in [0, 0.1) is 22.0 Å². The summed E-state index contributed by atoms with van der Waals surface area (Å²) in [7, 11) is 0. The van der Waals surface area contributed by atoms with E-state index in [1.807, 2.05) is 0 Å². The summed E-state index contributed by atoms with van der Waals surface area (Å²) in [4.78, 5) is 50.1. The van der Waals surface area contributed by atoms with Crippen LogP contribution >= 0.6 is 0 Å². The van der Waals surface area contributed by atoms with E-state index in [-0.39, 0.29) is 11.3 Å². The summed E-state index contributed by atoms with van der Waals surface area (Å²) in [6.07, 6.45) is -0.466. The molecule has 0 radical (unpaired) electrons. The van der Waals surface area contributed by atoms with Gasteiger partial charge in [0.1, 0.15) is 17.1 Å². The van der Waals surface area contributed by atoms with Crippen molar-refractivity contribution in [1.82, 2.24) is 0 Å². The second-order valence-corrected chi connectivity index (χ2v) is 10.4. The fourth-order valence-electron chi connectivity index (χ4n) is 3.99. The van der Waals surface area contributed by atoms with E-state index in [1.165, 1.54) is 31.2 Å². The van der Waals surface area contributed by atoms with Crippen LogP contribution in [0.1, 0.15) is 66.4 Å². The molecule has 1 aliphatic carbocycles. The largest absolute Gasteiger partial charge is 0.460 e. The van der Waals surface area contributed by atoms with Crippen molar-refractivity contribution >= 4 is 23.4 Å². The van der Waals surface area contributed by atoms with E-state index in [2.05, 4.69) is 0 Å². The van der Waals surface area contributed by atoms with Gasteiger partial charge in [-0.05, 0) is 54.0 Å². The zero-order valence-electron chi connectivity index (χ0n) is 19.5. The van der Waals surface area contributed by atoms with Crippen LogP contribution in [-0.2, 0) is 23.9 Å². The summed E-state index contributed by atoms with van der Waals surface area (Å²) in [5, 5.41) is 22.4. The Kier molecular flexibility index (Phi) is 6.85. The van der Waals surface area contributed by atoms with Crippen molar-refractivity contribution in [3.8, 4) is 0 Å². The maximum Gasteiger partial charge on any atom is 0.317 e. The van der Waals surface area contributed by atoms with Gasteiger partial charge < -0.3 is 14.6 Å². The molecule has 0 bridgehead atoms. The number of non-ortho nitro benzene ring substituents is 1. The lowest BCUT2D eigenvalue weighted by Crippen LogP contribution is -2.56. The van der Waals surface area contributed by atoms with Crippen LogP contribution in [0.2, 0.25) is 0 Å². The molecule has 0 aliphatic heterocycles. The Morgan fingerprint density at radius 3 is 2.12 bits per heavy atom. The molecule has 1 aliphatic rings. The number of aliphatic hydroxyl groups is 1. The van der Waals surface area contributed by atoms with Gasteiger partial charge in [-0.1, -0.05) is 12.1 Å². The number of nitro benzene ring substituents is 1. The predicted molar refractivity (Wildman–Crippen MR) is 115 cm³/mol. The average Bonchev–Trinajstić information content (AvgIpc) is 2.56. The van der Waals surface area contributed by atoms with E-state index in [1.54, 1.807) is 41.5 Å². The molecule has 1 aromatic rings. The quantitative estimate of drug-likeness (QED) is 0.320. The van der Waals surface area contributed by atoms with Gasteiger partial charge in [-0.25, -0.2) is 0 Å². The molecular formula is C23H31NO8. The minimum Gasteiger partial charge on any atom is -0.460 e. The second kappa shape index (κ2) is 8.61. The molecule has 1 saturated carbocycles. The lowest BCUT2D eigenvalue weighted by atomic mass is 9.61. The molecule has 0 heterocycles. The summed E-state index contributed by atoms with van der Waals surface area (Å²) in [5.74, 6) is -6.26. The number of esters is 2. The Bertz CT molecular complexity index is 923. The van der Waals surface area contributed by atoms with Crippen molar-refractivity contribution < 1.29 is 33.9 Å². The van der Waals surface area contributed by atoms with Gasteiger partial charge >= 0.3 is 11.9 Å². The first-order valence-corrected chi connectivity index (χ1v) is 10.4. The molecule has 1 fully saturated rings. The molecule has 0 amide bonds. The SMILES string of the molecule is CC(C)(C)OC(=O)[C@H]1C(=O)C[C@@](C)(O)[C@@H](C(=O)OC(C)(C)C)[C@H]1c1cccc([N+](=O)[O-])c1. The molecule has 2 rings (SSSR count). The topological polar surface area (TPSA) is 133 Å². The Morgan fingerprint density at radius 1 is 1.09 bits per heavy atom. The minimum absolute atomic E-state index is 0.194. The molecule has 0 spiro atoms. The fraction of sp³-hybridized carbons (Fsp3) is 0.609. The van der Waals surface area contributed by atoms with Gasteiger partial charge in [0.05, 0.1) is 16.4 Å². The standard InChI is InChI=1S/C23H31NO8/c1-21(2,3)31-19(26)17-15(25)12-23(7,28)18(20(27)32-22(4,5)6)16(17)13-9-8-10-14(11-13)24(29)30/h8-11,16-18,28H,12H2,1-7H3/t16-,17-,18+,23+/m0/s1. The maximum atomic E-state index is 13.2. The van der Waals surface area contributed by atoms with Crippen LogP contribution in [-0.4, -0.2) is 44.6 Å². The number of ketones is 1. The minimum atomic E-state index is -1.84. The molecule has 9 nitrogen and oxygen atoms in total. The van der Waals surface area contributed by atoms with Crippen molar-refractivity contribution in [1.29, 1.82) is 0 Å². The highest BCUT2D eigenvalue weighted by Gasteiger charge is 2.58. The van der Waals surface area contributed by atoms with Crippen molar-refractivity contribution in [3.05, 3.63) is 39.9 Å². The number of nitrogens with zero attached hydrogens (tertiary/aromatic N) is 1. The van der Waals surface area contributed by atoms with Gasteiger partial charge in [-0.15, -0.1) is 0 Å². The Balaban J connectivity index is 2.70. The van der Waals surface area contributed by atoms with Gasteiger partial charge in [-0.3, -0.25) is 24.5 Å². The van der Waals surface area contributed by atoms with Crippen molar-refractivity contribution in [2.75, 3.05) is 0 Å². The number of benzene rings is 1. The number of hydrogen-bond acceptors (Lipinski definition) is 8. The predicted octanol–water partition coefficient (Wildman–Crippen LogP) is 3.32. The van der Waals surface area contributed by atoms with E-state index < -0.39 is 63.6 Å². The van der Waals surface area contributed by atoms with E-state index in [0.29, 0.717) is 0 Å². The summed E-state index contributed by atoms with van der Waals surface area (Å²) < 4.78 is 11.0. The van der Waals surface area contributed by atoms with E-state index in [0.717, 1.165) is 0 Å². The number of Topliss-reactive ketones (excluding diaryl/α,β-unsaturated/α-hetero) is 1. The van der Waals surface area contributed by atoms with E-state index in [4.69, 9.17) is 9.47 Å². The summed E-state index contributed by atoms with van der Waals surface area (Å²) in [6.45, 7) is 11.2. The molecule has 4 atom stereocenters. The van der Waals surface area contributed by atoms with E-state index in [9.17, 15) is 29.6 Å². The van der Waals surface area contributed by atoms with Crippen LogP contribution in [0.4, 0.5) is 5.69 Å². The highest BCUT2D eigenvalue weighted by atomic mass is 16.6. The van der Waals surface area contributed by atoms with Crippen LogP contribution in [0.15, 0.2) is 24.3 Å². The highest BCUT2D eigenvalue weighted by Crippen LogP contribution is 2.47. The van der Waals surface area contributed by atoms with Gasteiger partial charge in [0, 0.05) is 24.5 Å². The maximum absolute atomic E-state index is 13.2. The first kappa shape index (κ1) is 25.5. The zero-order valence-corrected chi connectivity index (χ0v) is 19.5. The fourth-order valence-corrected chi connectivity index (χ4v) is 3.99. The normalized spacial score (nSPS) is 26.4. The molecule has 176 valence electrons. The Labute approximate surface area is 187 Å². The van der Waals surface area contributed by atoms with Gasteiger partial charge in [0.15, 0.2) is 5.78 Å². The number of carbonyl (C=O) groups is 3. The highest BCUT2D eigenvalue weighted by molar-refractivity contribution is 6.03. The summed E-state index contributed by atoms with van der Waals surface area (Å²) in [5.41, 5.74) is -3.73. The number of carbonyl (C=O) groups excluding carboxylic acids is 3. The molecule has 1 N–H and O–H groups in total. The molecule has 0 aromatic heterocycles. The van der Waals surface area contributed by atoms with E-state index >= 15 is 0 Å². The summed E-state index contributed by atoms with van der Waals surface area (Å²) >= 11 is 0. The number of nitro groups is 1. The first-order chi connectivity index (χ1) is 14.4. The Hall–Kier alpha value is -2.81. The monoisotopic (exact) mass is 449 g/mol. The second-order valence-electron chi connectivity index (χ2n) is 10.4. The average molecular weight is 450 g/mol. The van der Waals surface area contributed by atoms with Crippen LogP contribution < -0.4 is 0 Å². The third-order valence-corrected chi connectivity index (χ3v) is 5.05. The van der Waals surface area contributed by atoms with Gasteiger partial charge in [0.25, 0.3) is 5.69 Å². The third-order valence-electron chi connectivity index (χ3n) is 5.05. The molecule has 1 aromatic carbocycles. The zero-order chi connectivity index (χ0) is 24.6. The molecule has 9 heteroatoms. The molecule has 0 unspecified atom stereocenters. The molecule has 32 heavy (non-hydrogen) atoms. The third kappa shape index (κ3) is 5.91. The number of hydrogen-bond donors (Lipinski definition) is 1. The van der Waals surface area contributed by atoms with Crippen molar-refractivity contribution in [3.63, 3.8) is 0 Å². The van der Waals surface area contributed by atoms with Crippen LogP contribution in [0.25, 0.3) is 0 Å². The lowest BCUT2D eigenvalue weighted by molar-refractivity contribution is -0.385. The molecular weight excluding hydrogens is 418 g/mol. The summed E-state index contributed by atoms with van der Waals surface area (Å²) in [6, 6.07) is 5.35. The smallest absolute Gasteiger partial charge is 0.317 e. The molecule has 0 saturated heterocycles. The van der Waals surface area contributed by atoms with Crippen molar-refractivity contribution in [2.45, 2.75) is 77.6 Å². The number of rotatable bonds is 4. The number of ether oxygens (including phenoxy) is 2.